The van der Waals surface area contributed by atoms with Gasteiger partial charge in [-0.25, -0.2) is 4.98 Å². The highest BCUT2D eigenvalue weighted by molar-refractivity contribution is 6.30. The van der Waals surface area contributed by atoms with Crippen molar-refractivity contribution >= 4 is 29.1 Å². The van der Waals surface area contributed by atoms with E-state index in [0.29, 0.717) is 11.0 Å². The Kier molecular flexibility index (Phi) is 5.21. The summed E-state index contributed by atoms with van der Waals surface area (Å²) in [6, 6.07) is 13.5. The van der Waals surface area contributed by atoms with Crippen LogP contribution in [-0.4, -0.2) is 30.7 Å². The highest BCUT2D eigenvalue weighted by Crippen LogP contribution is 2.34. The SMILES string of the molecule is COc1cc2c(cc1OC)CN(c1ccnc(Nc3cccc(Cl)c3)n1)CC2. The lowest BCUT2D eigenvalue weighted by Crippen LogP contribution is -2.31. The molecule has 0 saturated carbocycles. The molecule has 6 nitrogen and oxygen atoms in total. The molecular weight excluding hydrogens is 376 g/mol. The lowest BCUT2D eigenvalue weighted by Gasteiger charge is -2.30. The Morgan fingerprint density at radius 2 is 1.82 bits per heavy atom. The predicted octanol–water partition coefficient (Wildman–Crippen LogP) is 4.45. The van der Waals surface area contributed by atoms with Gasteiger partial charge in [0.2, 0.25) is 5.95 Å². The van der Waals surface area contributed by atoms with Crippen LogP contribution in [0.2, 0.25) is 5.02 Å². The molecule has 0 radical (unpaired) electrons. The van der Waals surface area contributed by atoms with Crippen molar-refractivity contribution in [3.63, 3.8) is 0 Å². The van der Waals surface area contributed by atoms with Crippen LogP contribution in [-0.2, 0) is 13.0 Å². The number of halogens is 1. The molecule has 0 unspecified atom stereocenters. The molecule has 2 heterocycles. The molecule has 7 heteroatoms. The number of ether oxygens (including phenoxy) is 2. The van der Waals surface area contributed by atoms with Gasteiger partial charge in [-0.3, -0.25) is 0 Å². The molecule has 0 atom stereocenters. The van der Waals surface area contributed by atoms with E-state index in [4.69, 9.17) is 21.1 Å². The Balaban J connectivity index is 1.56. The smallest absolute Gasteiger partial charge is 0.229 e. The number of aromatic nitrogens is 2. The van der Waals surface area contributed by atoms with Crippen LogP contribution in [0, 0.1) is 0 Å². The molecule has 0 bridgehead atoms. The van der Waals surface area contributed by atoms with Gasteiger partial charge in [-0.2, -0.15) is 4.98 Å². The summed E-state index contributed by atoms with van der Waals surface area (Å²) in [5, 5.41) is 3.87. The summed E-state index contributed by atoms with van der Waals surface area (Å²) in [6.45, 7) is 1.62. The van der Waals surface area contributed by atoms with Gasteiger partial charge >= 0.3 is 0 Å². The largest absolute Gasteiger partial charge is 0.493 e. The van der Waals surface area contributed by atoms with E-state index in [1.165, 1.54) is 11.1 Å². The first kappa shape index (κ1) is 18.4. The van der Waals surface area contributed by atoms with Gasteiger partial charge < -0.3 is 19.7 Å². The third-order valence-corrected chi connectivity index (χ3v) is 5.00. The van der Waals surface area contributed by atoms with E-state index in [-0.39, 0.29) is 0 Å². The second-order valence-electron chi connectivity index (χ2n) is 6.52. The topological polar surface area (TPSA) is 59.5 Å². The van der Waals surface area contributed by atoms with E-state index in [1.54, 1.807) is 20.4 Å². The van der Waals surface area contributed by atoms with E-state index in [9.17, 15) is 0 Å². The molecule has 2 aromatic carbocycles. The number of rotatable bonds is 5. The number of methoxy groups -OCH3 is 2. The molecule has 4 rings (SSSR count). The zero-order chi connectivity index (χ0) is 19.5. The summed E-state index contributed by atoms with van der Waals surface area (Å²) in [6.07, 6.45) is 2.68. The Hall–Kier alpha value is -2.99. The van der Waals surface area contributed by atoms with Crippen molar-refractivity contribution in [1.29, 1.82) is 0 Å². The first-order valence-corrected chi connectivity index (χ1v) is 9.38. The highest BCUT2D eigenvalue weighted by atomic mass is 35.5. The summed E-state index contributed by atoms with van der Waals surface area (Å²) >= 11 is 6.05. The lowest BCUT2D eigenvalue weighted by molar-refractivity contribution is 0.353. The fourth-order valence-electron chi connectivity index (χ4n) is 3.36. The minimum Gasteiger partial charge on any atom is -0.493 e. The van der Waals surface area contributed by atoms with Crippen LogP contribution < -0.4 is 19.7 Å². The van der Waals surface area contributed by atoms with Crippen molar-refractivity contribution in [3.8, 4) is 11.5 Å². The monoisotopic (exact) mass is 396 g/mol. The molecule has 0 saturated heterocycles. The minimum atomic E-state index is 0.540. The van der Waals surface area contributed by atoms with Gasteiger partial charge in [0.1, 0.15) is 5.82 Å². The second-order valence-corrected chi connectivity index (χ2v) is 6.96. The van der Waals surface area contributed by atoms with Crippen LogP contribution in [0.3, 0.4) is 0 Å². The normalized spacial score (nSPS) is 13.0. The second kappa shape index (κ2) is 7.94. The molecular formula is C21H21ClN4O2. The lowest BCUT2D eigenvalue weighted by atomic mass is 9.99. The molecule has 0 spiro atoms. The van der Waals surface area contributed by atoms with Gasteiger partial charge in [0, 0.05) is 30.0 Å². The molecule has 1 aliphatic rings. The van der Waals surface area contributed by atoms with Crippen molar-refractivity contribution in [2.24, 2.45) is 0 Å². The fourth-order valence-corrected chi connectivity index (χ4v) is 3.55. The number of nitrogens with zero attached hydrogens (tertiary/aromatic N) is 3. The first-order chi connectivity index (χ1) is 13.7. The van der Waals surface area contributed by atoms with Crippen LogP contribution in [0.4, 0.5) is 17.5 Å². The van der Waals surface area contributed by atoms with Gasteiger partial charge in [-0.15, -0.1) is 0 Å². The number of hydrogen-bond acceptors (Lipinski definition) is 6. The van der Waals surface area contributed by atoms with Crippen LogP contribution >= 0.6 is 11.6 Å². The summed E-state index contributed by atoms with van der Waals surface area (Å²) in [5.74, 6) is 2.93. The standard InChI is InChI=1S/C21H21ClN4O2/c1-27-18-10-14-7-9-26(13-15(14)11-19(18)28-2)20-6-8-23-21(25-20)24-17-5-3-4-16(22)12-17/h3-6,8,10-12H,7,9,13H2,1-2H3,(H,23,24,25). The van der Waals surface area contributed by atoms with E-state index in [2.05, 4.69) is 26.3 Å². The van der Waals surface area contributed by atoms with Crippen molar-refractivity contribution in [3.05, 3.63) is 64.8 Å². The zero-order valence-corrected chi connectivity index (χ0v) is 16.5. The summed E-state index contributed by atoms with van der Waals surface area (Å²) in [7, 11) is 3.32. The number of nitrogens with one attached hydrogen (secondary N) is 1. The Morgan fingerprint density at radius 3 is 2.57 bits per heavy atom. The molecule has 28 heavy (non-hydrogen) atoms. The molecule has 1 aliphatic heterocycles. The molecule has 0 amide bonds. The molecule has 1 N–H and O–H groups in total. The van der Waals surface area contributed by atoms with Crippen LogP contribution in [0.15, 0.2) is 48.7 Å². The van der Waals surface area contributed by atoms with Crippen LogP contribution in [0.1, 0.15) is 11.1 Å². The minimum absolute atomic E-state index is 0.540. The third kappa shape index (κ3) is 3.82. The van der Waals surface area contributed by atoms with Gasteiger partial charge in [-0.05, 0) is 53.9 Å². The Bertz CT molecular complexity index is 996. The summed E-state index contributed by atoms with van der Waals surface area (Å²) < 4.78 is 10.9. The number of benzene rings is 2. The number of fused-ring (bicyclic) bond motifs is 1. The molecule has 144 valence electrons. The fraction of sp³-hybridized carbons (Fsp3) is 0.238. The van der Waals surface area contributed by atoms with Crippen molar-refractivity contribution in [2.45, 2.75) is 13.0 Å². The summed E-state index contributed by atoms with van der Waals surface area (Å²) in [5.41, 5.74) is 3.34. The average molecular weight is 397 g/mol. The zero-order valence-electron chi connectivity index (χ0n) is 15.8. The molecule has 0 aliphatic carbocycles. The van der Waals surface area contributed by atoms with Crippen LogP contribution in [0.5, 0.6) is 11.5 Å². The first-order valence-electron chi connectivity index (χ1n) is 9.00. The maximum Gasteiger partial charge on any atom is 0.229 e. The Labute approximate surface area is 169 Å². The number of hydrogen-bond donors (Lipinski definition) is 1. The van der Waals surface area contributed by atoms with Gasteiger partial charge in [0.05, 0.1) is 14.2 Å². The number of anilines is 3. The maximum absolute atomic E-state index is 6.05. The van der Waals surface area contributed by atoms with Crippen molar-refractivity contribution in [1.82, 2.24) is 9.97 Å². The van der Waals surface area contributed by atoms with Crippen LogP contribution in [0.25, 0.3) is 0 Å². The maximum atomic E-state index is 6.05. The quantitative estimate of drug-likeness (QED) is 0.687. The van der Waals surface area contributed by atoms with E-state index in [0.717, 1.165) is 42.5 Å². The van der Waals surface area contributed by atoms with Crippen molar-refractivity contribution in [2.75, 3.05) is 31.0 Å². The third-order valence-electron chi connectivity index (χ3n) is 4.76. The molecule has 1 aromatic heterocycles. The molecule has 0 fully saturated rings. The highest BCUT2D eigenvalue weighted by Gasteiger charge is 2.20. The van der Waals surface area contributed by atoms with Gasteiger partial charge in [-0.1, -0.05) is 17.7 Å². The van der Waals surface area contributed by atoms with Gasteiger partial charge in [0.15, 0.2) is 11.5 Å². The van der Waals surface area contributed by atoms with Gasteiger partial charge in [0.25, 0.3) is 0 Å². The Morgan fingerprint density at radius 1 is 1.04 bits per heavy atom. The predicted molar refractivity (Wildman–Crippen MR) is 111 cm³/mol. The molecule has 3 aromatic rings. The van der Waals surface area contributed by atoms with E-state index in [1.807, 2.05) is 36.4 Å². The van der Waals surface area contributed by atoms with Crippen molar-refractivity contribution < 1.29 is 9.47 Å². The average Bonchev–Trinajstić information content (AvgIpc) is 2.72. The summed E-state index contributed by atoms with van der Waals surface area (Å²) in [4.78, 5) is 11.2. The van der Waals surface area contributed by atoms with E-state index < -0.39 is 0 Å². The van der Waals surface area contributed by atoms with E-state index >= 15 is 0 Å².